The Morgan fingerprint density at radius 2 is 2.19 bits per heavy atom. The maximum Gasteiger partial charge on any atom is 0.244 e. The highest BCUT2D eigenvalue weighted by atomic mass is 79.9. The molecule has 21 heavy (non-hydrogen) atoms. The van der Waals surface area contributed by atoms with E-state index >= 15 is 0 Å². The smallest absolute Gasteiger partial charge is 0.244 e. The predicted molar refractivity (Wildman–Crippen MR) is 85.0 cm³/mol. The van der Waals surface area contributed by atoms with Crippen LogP contribution in [0.15, 0.2) is 38.3 Å². The molecule has 2 rings (SSSR count). The summed E-state index contributed by atoms with van der Waals surface area (Å²) in [7, 11) is -3.98. The molecule has 0 aliphatic carbocycles. The van der Waals surface area contributed by atoms with E-state index in [1.807, 2.05) is 16.8 Å². The van der Waals surface area contributed by atoms with Crippen LogP contribution in [0.25, 0.3) is 0 Å². The fourth-order valence-corrected chi connectivity index (χ4v) is 4.64. The van der Waals surface area contributed by atoms with Gasteiger partial charge in [0.25, 0.3) is 0 Å². The summed E-state index contributed by atoms with van der Waals surface area (Å²) in [5.74, 6) is -0.814. The molecule has 1 heterocycles. The van der Waals surface area contributed by atoms with E-state index < -0.39 is 26.8 Å². The van der Waals surface area contributed by atoms with Crippen LogP contribution in [0.4, 0.5) is 4.39 Å². The summed E-state index contributed by atoms with van der Waals surface area (Å²) in [5, 5.41) is 3.70. The maximum absolute atomic E-state index is 14.2. The summed E-state index contributed by atoms with van der Waals surface area (Å²) in [6.45, 7) is 1.63. The largest absolute Gasteiger partial charge is 0.326 e. The van der Waals surface area contributed by atoms with E-state index in [1.165, 1.54) is 23.5 Å². The van der Waals surface area contributed by atoms with Gasteiger partial charge < -0.3 is 5.73 Å². The lowest BCUT2D eigenvalue weighted by Gasteiger charge is -2.15. The molecule has 114 valence electrons. The third-order valence-corrected chi connectivity index (χ3v) is 5.66. The van der Waals surface area contributed by atoms with Crippen molar-refractivity contribution in [3.63, 3.8) is 0 Å². The number of hydrogen-bond donors (Lipinski definition) is 2. The first-order valence-corrected chi connectivity index (χ1v) is 9.29. The van der Waals surface area contributed by atoms with Crippen LogP contribution >= 0.6 is 27.3 Å². The van der Waals surface area contributed by atoms with Crippen molar-refractivity contribution in [2.45, 2.75) is 24.4 Å². The molecule has 3 N–H and O–H groups in total. The second kappa shape index (κ2) is 6.53. The zero-order valence-corrected chi connectivity index (χ0v) is 14.4. The van der Waals surface area contributed by atoms with Crippen molar-refractivity contribution in [2.24, 2.45) is 5.73 Å². The summed E-state index contributed by atoms with van der Waals surface area (Å²) < 4.78 is 41.9. The van der Waals surface area contributed by atoms with Crippen molar-refractivity contribution in [1.29, 1.82) is 0 Å². The normalized spacial score (nSPS) is 13.3. The van der Waals surface area contributed by atoms with Gasteiger partial charge in [-0.25, -0.2) is 17.5 Å². The molecule has 0 bridgehead atoms. The fraction of sp³-hybridized carbons (Fsp3) is 0.231. The van der Waals surface area contributed by atoms with Gasteiger partial charge >= 0.3 is 0 Å². The van der Waals surface area contributed by atoms with E-state index in [2.05, 4.69) is 20.7 Å². The molecule has 0 aliphatic heterocycles. The third-order valence-electron chi connectivity index (χ3n) is 2.96. The minimum absolute atomic E-state index is 0.0755. The number of nitrogens with two attached hydrogens (primary N) is 1. The van der Waals surface area contributed by atoms with Gasteiger partial charge in [-0.1, -0.05) is 15.9 Å². The summed E-state index contributed by atoms with van der Waals surface area (Å²) >= 11 is 4.64. The molecule has 0 radical (unpaired) electrons. The van der Waals surface area contributed by atoms with E-state index in [0.29, 0.717) is 4.47 Å². The van der Waals surface area contributed by atoms with Crippen LogP contribution in [0.3, 0.4) is 0 Å². The molecule has 8 heteroatoms. The first-order chi connectivity index (χ1) is 9.85. The van der Waals surface area contributed by atoms with Crippen LogP contribution in [0, 0.1) is 5.82 Å². The minimum atomic E-state index is -3.98. The molecule has 0 amide bonds. The van der Waals surface area contributed by atoms with Gasteiger partial charge in [0.1, 0.15) is 10.7 Å². The molecule has 1 atom stereocenters. The minimum Gasteiger partial charge on any atom is -0.326 e. The quantitative estimate of drug-likeness (QED) is 0.820. The van der Waals surface area contributed by atoms with E-state index in [4.69, 9.17) is 5.73 Å². The molecule has 0 spiro atoms. The lowest BCUT2D eigenvalue weighted by molar-refractivity contribution is 0.541. The summed E-state index contributed by atoms with van der Waals surface area (Å²) in [4.78, 5) is -0.403. The zero-order valence-electron chi connectivity index (χ0n) is 11.1. The Bertz CT molecular complexity index is 733. The molecule has 1 unspecified atom stereocenters. The second-order valence-electron chi connectivity index (χ2n) is 4.48. The SMILES string of the molecule is CC(NS(=O)(=O)c1cc(Br)cc(CN)c1F)c1ccsc1. The number of nitrogens with one attached hydrogen (secondary N) is 1. The van der Waals surface area contributed by atoms with Gasteiger partial charge in [-0.15, -0.1) is 0 Å². The Kier molecular flexibility index (Phi) is 5.15. The van der Waals surface area contributed by atoms with Crippen LogP contribution in [0.2, 0.25) is 0 Å². The monoisotopic (exact) mass is 392 g/mol. The molecule has 0 fully saturated rings. The zero-order chi connectivity index (χ0) is 15.6. The number of hydrogen-bond acceptors (Lipinski definition) is 4. The van der Waals surface area contributed by atoms with E-state index in [0.717, 1.165) is 5.56 Å². The van der Waals surface area contributed by atoms with Gasteiger partial charge in [-0.3, -0.25) is 0 Å². The van der Waals surface area contributed by atoms with Crippen molar-refractivity contribution in [1.82, 2.24) is 4.72 Å². The molecule has 0 aliphatic rings. The van der Waals surface area contributed by atoms with Crippen LogP contribution in [0.1, 0.15) is 24.1 Å². The van der Waals surface area contributed by atoms with Gasteiger partial charge in [0, 0.05) is 22.6 Å². The molecule has 0 saturated heterocycles. The number of rotatable bonds is 5. The van der Waals surface area contributed by atoms with Gasteiger partial charge in [0.2, 0.25) is 10.0 Å². The second-order valence-corrected chi connectivity index (χ2v) is 7.86. The molecule has 1 aromatic carbocycles. The van der Waals surface area contributed by atoms with Gasteiger partial charge in [-0.05, 0) is 41.4 Å². The molecule has 1 aromatic heterocycles. The lowest BCUT2D eigenvalue weighted by atomic mass is 10.2. The van der Waals surface area contributed by atoms with E-state index in [9.17, 15) is 12.8 Å². The number of thiophene rings is 1. The predicted octanol–water partition coefficient (Wildman–Crippen LogP) is 3.15. The van der Waals surface area contributed by atoms with Gasteiger partial charge in [-0.2, -0.15) is 11.3 Å². The van der Waals surface area contributed by atoms with Crippen LogP contribution in [0.5, 0.6) is 0 Å². The average molecular weight is 393 g/mol. The molecular formula is C13H14BrFN2O2S2. The van der Waals surface area contributed by atoms with Crippen molar-refractivity contribution < 1.29 is 12.8 Å². The molecule has 2 aromatic rings. The highest BCUT2D eigenvalue weighted by molar-refractivity contribution is 9.10. The maximum atomic E-state index is 14.2. The molecule has 0 saturated carbocycles. The topological polar surface area (TPSA) is 72.2 Å². The Morgan fingerprint density at radius 1 is 1.48 bits per heavy atom. The van der Waals surface area contributed by atoms with Gasteiger partial charge in [0.05, 0.1) is 0 Å². The first-order valence-electron chi connectivity index (χ1n) is 6.07. The van der Waals surface area contributed by atoms with Gasteiger partial charge in [0.15, 0.2) is 0 Å². The van der Waals surface area contributed by atoms with E-state index in [1.54, 1.807) is 6.92 Å². The summed E-state index contributed by atoms with van der Waals surface area (Å²) in [5.41, 5.74) is 6.41. The number of sulfonamides is 1. The van der Waals surface area contributed by atoms with Crippen molar-refractivity contribution in [2.75, 3.05) is 0 Å². The standard InChI is InChI=1S/C13H14BrFN2O2S2/c1-8(9-2-3-20-7-9)17-21(18,19)12-5-11(14)4-10(6-16)13(12)15/h2-5,7-8,17H,6,16H2,1H3. The van der Waals surface area contributed by atoms with E-state index in [-0.39, 0.29) is 12.1 Å². The Labute approximate surface area is 135 Å². The lowest BCUT2D eigenvalue weighted by Crippen LogP contribution is -2.27. The summed E-state index contributed by atoms with van der Waals surface area (Å²) in [6, 6.07) is 4.08. The first kappa shape index (κ1) is 16.6. The van der Waals surface area contributed by atoms with Crippen molar-refractivity contribution in [3.8, 4) is 0 Å². The van der Waals surface area contributed by atoms with Crippen LogP contribution in [-0.4, -0.2) is 8.42 Å². The molecule has 4 nitrogen and oxygen atoms in total. The highest BCUT2D eigenvalue weighted by Gasteiger charge is 2.24. The Balaban J connectivity index is 2.38. The number of halogens is 2. The Hall–Kier alpha value is -0.800. The Morgan fingerprint density at radius 3 is 2.76 bits per heavy atom. The highest BCUT2D eigenvalue weighted by Crippen LogP contribution is 2.26. The fourth-order valence-electron chi connectivity index (χ4n) is 1.85. The third kappa shape index (κ3) is 3.70. The van der Waals surface area contributed by atoms with Crippen molar-refractivity contribution in [3.05, 3.63) is 50.4 Å². The van der Waals surface area contributed by atoms with Crippen LogP contribution < -0.4 is 10.5 Å². The average Bonchev–Trinajstić information content (AvgIpc) is 2.94. The van der Waals surface area contributed by atoms with Crippen LogP contribution in [-0.2, 0) is 16.6 Å². The number of benzene rings is 1. The van der Waals surface area contributed by atoms with Crippen molar-refractivity contribution >= 4 is 37.3 Å². The molecular weight excluding hydrogens is 379 g/mol. The summed E-state index contributed by atoms with van der Waals surface area (Å²) in [6.07, 6.45) is 0.